The van der Waals surface area contributed by atoms with E-state index < -0.39 is 0 Å². The van der Waals surface area contributed by atoms with Gasteiger partial charge in [0.2, 0.25) is 0 Å². The fourth-order valence-corrected chi connectivity index (χ4v) is 2.46. The molecule has 1 atom stereocenters. The normalized spacial score (nSPS) is 12.6. The first-order valence-electron chi connectivity index (χ1n) is 5.40. The second-order valence-corrected chi connectivity index (χ2v) is 4.41. The molecule has 0 aliphatic heterocycles. The molecule has 0 saturated carbocycles. The molecule has 2 aromatic rings. The van der Waals surface area contributed by atoms with Crippen molar-refractivity contribution in [3.05, 3.63) is 46.5 Å². The van der Waals surface area contributed by atoms with E-state index in [4.69, 9.17) is 0 Å². The summed E-state index contributed by atoms with van der Waals surface area (Å²) >= 11 is 1.47. The van der Waals surface area contributed by atoms with E-state index in [1.165, 1.54) is 22.0 Å². The molecule has 2 rings (SSSR count). The lowest BCUT2D eigenvalue weighted by molar-refractivity contribution is 0.635. The van der Waals surface area contributed by atoms with E-state index in [9.17, 15) is 0 Å². The van der Waals surface area contributed by atoms with Gasteiger partial charge in [0.1, 0.15) is 0 Å². The van der Waals surface area contributed by atoms with Crippen LogP contribution in [-0.2, 0) is 0 Å². The summed E-state index contributed by atoms with van der Waals surface area (Å²) in [5.41, 5.74) is 2.28. The number of hydrogen-bond donors (Lipinski definition) is 1. The molecule has 0 bridgehead atoms. The van der Waals surface area contributed by atoms with Crippen molar-refractivity contribution in [2.24, 2.45) is 0 Å². The second-order valence-electron chi connectivity index (χ2n) is 3.62. The van der Waals surface area contributed by atoms with Crippen LogP contribution in [0.3, 0.4) is 0 Å². The molecule has 1 aromatic carbocycles. The summed E-state index contributed by atoms with van der Waals surface area (Å²) in [6.45, 7) is 5.04. The zero-order valence-corrected chi connectivity index (χ0v) is 10.3. The molecule has 0 fully saturated rings. The lowest BCUT2D eigenvalue weighted by Gasteiger charge is -2.16. The van der Waals surface area contributed by atoms with Gasteiger partial charge in [-0.25, -0.2) is 0 Å². The Morgan fingerprint density at radius 3 is 2.62 bits per heavy atom. The molecule has 84 valence electrons. The minimum atomic E-state index is 0.214. The lowest BCUT2D eigenvalue weighted by Crippen LogP contribution is -2.21. The van der Waals surface area contributed by atoms with Crippen molar-refractivity contribution in [1.82, 2.24) is 14.9 Å². The fraction of sp³-hybridized carbons (Fsp3) is 0.333. The first-order valence-corrected chi connectivity index (χ1v) is 6.17. The highest BCUT2D eigenvalue weighted by atomic mass is 32.1. The Kier molecular flexibility index (Phi) is 3.64. The highest BCUT2D eigenvalue weighted by molar-refractivity contribution is 7.05. The maximum absolute atomic E-state index is 4.07. The third-order valence-electron chi connectivity index (χ3n) is 2.49. The highest BCUT2D eigenvalue weighted by Crippen LogP contribution is 2.26. The van der Waals surface area contributed by atoms with Gasteiger partial charge in [0.15, 0.2) is 0 Å². The Morgan fingerprint density at radius 1 is 1.31 bits per heavy atom. The molecule has 0 amide bonds. The van der Waals surface area contributed by atoms with Crippen LogP contribution in [0, 0.1) is 6.92 Å². The number of nitrogens with one attached hydrogen (secondary N) is 1. The number of hydrogen-bond acceptors (Lipinski definition) is 4. The summed E-state index contributed by atoms with van der Waals surface area (Å²) < 4.78 is 4.00. The smallest absolute Gasteiger partial charge is 0.0776 e. The van der Waals surface area contributed by atoms with Crippen molar-refractivity contribution < 1.29 is 0 Å². The maximum Gasteiger partial charge on any atom is 0.0776 e. The van der Waals surface area contributed by atoms with E-state index in [-0.39, 0.29) is 6.04 Å². The summed E-state index contributed by atoms with van der Waals surface area (Å²) in [6.07, 6.45) is 0. The van der Waals surface area contributed by atoms with Gasteiger partial charge in [0.05, 0.1) is 16.6 Å². The van der Waals surface area contributed by atoms with Crippen LogP contribution < -0.4 is 5.32 Å². The standard InChI is InChI=1S/C12H15N3S/c1-3-13-11(10-7-5-4-6-8-10)12-9(2)14-15-16-12/h4-8,11,13H,3H2,1-2H3. The van der Waals surface area contributed by atoms with Crippen LogP contribution >= 0.6 is 11.5 Å². The van der Waals surface area contributed by atoms with Crippen molar-refractivity contribution in [2.75, 3.05) is 6.54 Å². The van der Waals surface area contributed by atoms with Gasteiger partial charge in [-0.3, -0.25) is 0 Å². The number of benzene rings is 1. The molecule has 1 N–H and O–H groups in total. The van der Waals surface area contributed by atoms with Crippen LogP contribution in [0.5, 0.6) is 0 Å². The summed E-state index contributed by atoms with van der Waals surface area (Å²) in [5.74, 6) is 0. The van der Waals surface area contributed by atoms with Gasteiger partial charge in [0.25, 0.3) is 0 Å². The molecule has 0 saturated heterocycles. The van der Waals surface area contributed by atoms with Crippen LogP contribution in [-0.4, -0.2) is 16.1 Å². The van der Waals surface area contributed by atoms with E-state index in [0.29, 0.717) is 0 Å². The molecule has 3 nitrogen and oxygen atoms in total. The average molecular weight is 233 g/mol. The zero-order chi connectivity index (χ0) is 11.4. The van der Waals surface area contributed by atoms with Crippen molar-refractivity contribution >= 4 is 11.5 Å². The van der Waals surface area contributed by atoms with Crippen molar-refractivity contribution in [3.8, 4) is 0 Å². The molecule has 1 heterocycles. The molecular formula is C12H15N3S. The van der Waals surface area contributed by atoms with Gasteiger partial charge >= 0.3 is 0 Å². The van der Waals surface area contributed by atoms with Gasteiger partial charge in [0, 0.05) is 0 Å². The second kappa shape index (κ2) is 5.18. The number of rotatable bonds is 4. The third-order valence-corrected chi connectivity index (χ3v) is 3.38. The van der Waals surface area contributed by atoms with Crippen LogP contribution in [0.2, 0.25) is 0 Å². The summed E-state index contributed by atoms with van der Waals surface area (Å²) in [5, 5.41) is 7.55. The van der Waals surface area contributed by atoms with Crippen LogP contribution in [0.4, 0.5) is 0 Å². The number of nitrogens with zero attached hydrogens (tertiary/aromatic N) is 2. The minimum Gasteiger partial charge on any atom is -0.306 e. The fourth-order valence-electron chi connectivity index (χ4n) is 1.71. The zero-order valence-electron chi connectivity index (χ0n) is 9.47. The van der Waals surface area contributed by atoms with Gasteiger partial charge < -0.3 is 5.32 Å². The molecule has 1 unspecified atom stereocenters. The Labute approximate surface area is 99.7 Å². The monoisotopic (exact) mass is 233 g/mol. The van der Waals surface area contributed by atoms with Gasteiger partial charge in [-0.2, -0.15) is 0 Å². The minimum absolute atomic E-state index is 0.214. The molecule has 0 spiro atoms. The molecule has 0 radical (unpaired) electrons. The van der Waals surface area contributed by atoms with Crippen LogP contribution in [0.15, 0.2) is 30.3 Å². The summed E-state index contributed by atoms with van der Waals surface area (Å²) in [6, 6.07) is 10.6. The Morgan fingerprint density at radius 2 is 2.06 bits per heavy atom. The lowest BCUT2D eigenvalue weighted by atomic mass is 10.0. The Bertz CT molecular complexity index is 439. The topological polar surface area (TPSA) is 37.8 Å². The van der Waals surface area contributed by atoms with E-state index in [1.54, 1.807) is 0 Å². The van der Waals surface area contributed by atoms with E-state index in [1.807, 2.05) is 13.0 Å². The predicted octanol–water partition coefficient (Wildman–Crippen LogP) is 2.55. The number of aryl methyl sites for hydroxylation is 1. The van der Waals surface area contributed by atoms with E-state index in [0.717, 1.165) is 12.2 Å². The van der Waals surface area contributed by atoms with Crippen molar-refractivity contribution in [2.45, 2.75) is 19.9 Å². The third kappa shape index (κ3) is 2.28. The van der Waals surface area contributed by atoms with Gasteiger partial charge in [-0.05, 0) is 30.6 Å². The van der Waals surface area contributed by atoms with Crippen LogP contribution in [0.25, 0.3) is 0 Å². The first kappa shape index (κ1) is 11.2. The summed E-state index contributed by atoms with van der Waals surface area (Å²) in [4.78, 5) is 1.20. The Hall–Kier alpha value is -1.26. The number of aromatic nitrogens is 2. The van der Waals surface area contributed by atoms with Crippen molar-refractivity contribution in [1.29, 1.82) is 0 Å². The molecule has 1 aromatic heterocycles. The average Bonchev–Trinajstić information content (AvgIpc) is 2.73. The van der Waals surface area contributed by atoms with Gasteiger partial charge in [-0.15, -0.1) is 5.10 Å². The Balaban J connectivity index is 2.35. The molecular weight excluding hydrogens is 218 g/mol. The first-order chi connectivity index (χ1) is 7.83. The highest BCUT2D eigenvalue weighted by Gasteiger charge is 2.17. The molecule has 16 heavy (non-hydrogen) atoms. The maximum atomic E-state index is 4.07. The van der Waals surface area contributed by atoms with E-state index in [2.05, 4.69) is 46.1 Å². The molecule has 0 aliphatic carbocycles. The van der Waals surface area contributed by atoms with E-state index >= 15 is 0 Å². The predicted molar refractivity (Wildman–Crippen MR) is 66.6 cm³/mol. The molecule has 4 heteroatoms. The SMILES string of the molecule is CCNC(c1ccccc1)c1snnc1C. The summed E-state index contributed by atoms with van der Waals surface area (Å²) in [7, 11) is 0. The largest absolute Gasteiger partial charge is 0.306 e. The quantitative estimate of drug-likeness (QED) is 0.882. The molecule has 0 aliphatic rings. The van der Waals surface area contributed by atoms with Gasteiger partial charge in [-0.1, -0.05) is 41.7 Å². The van der Waals surface area contributed by atoms with Crippen LogP contribution in [0.1, 0.15) is 29.1 Å². The van der Waals surface area contributed by atoms with Crippen molar-refractivity contribution in [3.63, 3.8) is 0 Å².